The van der Waals surface area contributed by atoms with Gasteiger partial charge in [0, 0.05) is 0 Å². The lowest BCUT2D eigenvalue weighted by atomic mass is 9.77. The number of hydrogen-bond donors (Lipinski definition) is 0. The van der Waals surface area contributed by atoms with Crippen LogP contribution in [0.25, 0.3) is 0 Å². The largest absolute Gasteiger partial charge is 0.0651 e. The van der Waals surface area contributed by atoms with Gasteiger partial charge in [-0.2, -0.15) is 0 Å². The Morgan fingerprint density at radius 2 is 1.77 bits per heavy atom. The molecule has 0 aromatic heterocycles. The highest BCUT2D eigenvalue weighted by molar-refractivity contribution is 4.98. The van der Waals surface area contributed by atoms with Gasteiger partial charge in [-0.1, -0.05) is 53.9 Å². The van der Waals surface area contributed by atoms with Crippen LogP contribution < -0.4 is 0 Å². The van der Waals surface area contributed by atoms with Gasteiger partial charge >= 0.3 is 0 Å². The Kier molecular flexibility index (Phi) is 3.43. The zero-order valence-corrected chi connectivity index (χ0v) is 10.1. The topological polar surface area (TPSA) is 0 Å². The van der Waals surface area contributed by atoms with Gasteiger partial charge in [0.05, 0.1) is 0 Å². The minimum absolute atomic E-state index is 0.647. The first-order chi connectivity index (χ1) is 6.09. The molecule has 0 radical (unpaired) electrons. The molecule has 0 aromatic rings. The van der Waals surface area contributed by atoms with E-state index in [2.05, 4.69) is 34.6 Å². The SMILES string of the molecule is CCC(C)C1CC1C(C)(CC)CC. The van der Waals surface area contributed by atoms with Crippen LogP contribution in [-0.4, -0.2) is 0 Å². The Hall–Kier alpha value is 0. The zero-order valence-electron chi connectivity index (χ0n) is 10.1. The molecule has 0 aliphatic heterocycles. The third kappa shape index (κ3) is 2.08. The highest BCUT2D eigenvalue weighted by Crippen LogP contribution is 2.57. The third-order valence-corrected chi connectivity index (χ3v) is 4.73. The number of rotatable bonds is 5. The van der Waals surface area contributed by atoms with Crippen molar-refractivity contribution in [3.63, 3.8) is 0 Å². The quantitative estimate of drug-likeness (QED) is 0.587. The van der Waals surface area contributed by atoms with Crippen molar-refractivity contribution in [2.24, 2.45) is 23.2 Å². The molecule has 3 unspecified atom stereocenters. The summed E-state index contributed by atoms with van der Waals surface area (Å²) in [5, 5.41) is 0. The molecule has 0 amide bonds. The number of hydrogen-bond acceptors (Lipinski definition) is 0. The molecule has 1 rings (SSSR count). The van der Waals surface area contributed by atoms with Gasteiger partial charge in [0.15, 0.2) is 0 Å². The molecule has 0 N–H and O–H groups in total. The molecule has 0 nitrogen and oxygen atoms in total. The highest BCUT2D eigenvalue weighted by Gasteiger charge is 2.49. The predicted octanol–water partition coefficient (Wildman–Crippen LogP) is 4.49. The van der Waals surface area contributed by atoms with Gasteiger partial charge < -0.3 is 0 Å². The lowest BCUT2D eigenvalue weighted by Crippen LogP contribution is -2.19. The van der Waals surface area contributed by atoms with Crippen LogP contribution in [0.5, 0.6) is 0 Å². The lowest BCUT2D eigenvalue weighted by molar-refractivity contribution is 0.221. The van der Waals surface area contributed by atoms with Crippen LogP contribution in [0.2, 0.25) is 0 Å². The molecule has 3 atom stereocenters. The van der Waals surface area contributed by atoms with E-state index < -0.39 is 0 Å². The molecule has 1 aliphatic rings. The van der Waals surface area contributed by atoms with Crippen molar-refractivity contribution < 1.29 is 0 Å². The summed E-state index contributed by atoms with van der Waals surface area (Å²) in [6.45, 7) is 12.0. The summed E-state index contributed by atoms with van der Waals surface area (Å²) in [6, 6.07) is 0. The van der Waals surface area contributed by atoms with Crippen molar-refractivity contribution in [1.82, 2.24) is 0 Å². The zero-order chi connectivity index (χ0) is 10.1. The fraction of sp³-hybridized carbons (Fsp3) is 1.00. The van der Waals surface area contributed by atoms with Crippen LogP contribution in [0.3, 0.4) is 0 Å². The van der Waals surface area contributed by atoms with Crippen LogP contribution in [0.1, 0.15) is 60.3 Å². The van der Waals surface area contributed by atoms with E-state index in [0.29, 0.717) is 5.41 Å². The van der Waals surface area contributed by atoms with E-state index in [4.69, 9.17) is 0 Å². The standard InChI is InChI=1S/C13H26/c1-6-10(4)11-9-12(11)13(5,7-2)8-3/h10-12H,6-9H2,1-5H3. The first-order valence-electron chi connectivity index (χ1n) is 6.09. The minimum Gasteiger partial charge on any atom is -0.0651 e. The van der Waals surface area contributed by atoms with Crippen LogP contribution in [0.4, 0.5) is 0 Å². The Morgan fingerprint density at radius 1 is 1.23 bits per heavy atom. The Bertz CT molecular complexity index is 155. The monoisotopic (exact) mass is 182 g/mol. The summed E-state index contributed by atoms with van der Waals surface area (Å²) >= 11 is 0. The van der Waals surface area contributed by atoms with E-state index in [1.807, 2.05) is 0 Å². The van der Waals surface area contributed by atoms with Gasteiger partial charge in [-0.3, -0.25) is 0 Å². The second kappa shape index (κ2) is 4.02. The maximum absolute atomic E-state index is 2.49. The van der Waals surface area contributed by atoms with Crippen molar-refractivity contribution in [3.05, 3.63) is 0 Å². The maximum atomic E-state index is 2.49. The Morgan fingerprint density at radius 3 is 2.15 bits per heavy atom. The molecule has 0 bridgehead atoms. The molecule has 78 valence electrons. The van der Waals surface area contributed by atoms with E-state index in [-0.39, 0.29) is 0 Å². The molecule has 1 saturated carbocycles. The Balaban J connectivity index is 2.48. The fourth-order valence-electron chi connectivity index (χ4n) is 2.72. The van der Waals surface area contributed by atoms with E-state index in [1.54, 1.807) is 0 Å². The molecular formula is C13H26. The van der Waals surface area contributed by atoms with Crippen LogP contribution in [0.15, 0.2) is 0 Å². The lowest BCUT2D eigenvalue weighted by Gasteiger charge is -2.28. The van der Waals surface area contributed by atoms with Crippen molar-refractivity contribution in [1.29, 1.82) is 0 Å². The van der Waals surface area contributed by atoms with Crippen LogP contribution in [-0.2, 0) is 0 Å². The Labute approximate surface area is 84.1 Å². The van der Waals surface area contributed by atoms with Gasteiger partial charge in [-0.25, -0.2) is 0 Å². The second-order valence-electron chi connectivity index (χ2n) is 5.25. The van der Waals surface area contributed by atoms with E-state index in [0.717, 1.165) is 17.8 Å². The molecular weight excluding hydrogens is 156 g/mol. The second-order valence-corrected chi connectivity index (χ2v) is 5.25. The van der Waals surface area contributed by atoms with E-state index in [1.165, 1.54) is 25.7 Å². The summed E-state index contributed by atoms with van der Waals surface area (Å²) in [5.74, 6) is 3.05. The highest BCUT2D eigenvalue weighted by atomic mass is 14.5. The first kappa shape index (κ1) is 11.1. The van der Waals surface area contributed by atoms with Gasteiger partial charge in [0.25, 0.3) is 0 Å². The fourth-order valence-corrected chi connectivity index (χ4v) is 2.72. The molecule has 0 saturated heterocycles. The van der Waals surface area contributed by atoms with Crippen molar-refractivity contribution >= 4 is 0 Å². The van der Waals surface area contributed by atoms with E-state index in [9.17, 15) is 0 Å². The smallest absolute Gasteiger partial charge is 0.0300 e. The maximum Gasteiger partial charge on any atom is -0.0300 e. The molecule has 0 heteroatoms. The van der Waals surface area contributed by atoms with Crippen LogP contribution in [0, 0.1) is 23.2 Å². The van der Waals surface area contributed by atoms with Gasteiger partial charge in [-0.15, -0.1) is 0 Å². The normalized spacial score (nSPS) is 30.2. The van der Waals surface area contributed by atoms with Crippen LogP contribution >= 0.6 is 0 Å². The molecule has 0 spiro atoms. The minimum atomic E-state index is 0.647. The average Bonchev–Trinajstić information content (AvgIpc) is 2.95. The van der Waals surface area contributed by atoms with Gasteiger partial charge in [0.1, 0.15) is 0 Å². The summed E-state index contributed by atoms with van der Waals surface area (Å²) < 4.78 is 0. The van der Waals surface area contributed by atoms with Gasteiger partial charge in [0.2, 0.25) is 0 Å². The van der Waals surface area contributed by atoms with Crippen molar-refractivity contribution in [3.8, 4) is 0 Å². The third-order valence-electron chi connectivity index (χ3n) is 4.73. The summed E-state index contributed by atoms with van der Waals surface area (Å²) in [7, 11) is 0. The molecule has 1 fully saturated rings. The van der Waals surface area contributed by atoms with Crippen molar-refractivity contribution in [2.45, 2.75) is 60.3 Å². The average molecular weight is 182 g/mol. The summed E-state index contributed by atoms with van der Waals surface area (Å²) in [5.41, 5.74) is 0.647. The summed E-state index contributed by atoms with van der Waals surface area (Å²) in [6.07, 6.45) is 5.60. The van der Waals surface area contributed by atoms with E-state index >= 15 is 0 Å². The summed E-state index contributed by atoms with van der Waals surface area (Å²) in [4.78, 5) is 0. The molecule has 0 aromatic carbocycles. The molecule has 13 heavy (non-hydrogen) atoms. The van der Waals surface area contributed by atoms with Crippen molar-refractivity contribution in [2.75, 3.05) is 0 Å². The first-order valence-corrected chi connectivity index (χ1v) is 6.09. The van der Waals surface area contributed by atoms with Gasteiger partial charge in [-0.05, 0) is 29.6 Å². The molecule has 1 aliphatic carbocycles. The predicted molar refractivity (Wildman–Crippen MR) is 59.7 cm³/mol. The molecule has 0 heterocycles.